The maximum Gasteiger partial charge on any atom is 0.327 e. The fourth-order valence-electron chi connectivity index (χ4n) is 2.91. The first-order valence-electron chi connectivity index (χ1n) is 8.78. The molecule has 2 aromatic carbocycles. The SMILES string of the molecule is CCCCc1ccc(C[C@H](C(=O)O)N(c2ccc(F)cc2)S(C)(=O)=O)cc1. The van der Waals surface area contributed by atoms with E-state index in [4.69, 9.17) is 0 Å². The van der Waals surface area contributed by atoms with Crippen LogP contribution in [0.1, 0.15) is 30.9 Å². The molecule has 0 saturated carbocycles. The van der Waals surface area contributed by atoms with Crippen LogP contribution in [-0.2, 0) is 27.7 Å². The molecule has 1 N–H and O–H groups in total. The van der Waals surface area contributed by atoms with Crippen molar-refractivity contribution in [3.8, 4) is 0 Å². The molecule has 0 aliphatic rings. The zero-order valence-corrected chi connectivity index (χ0v) is 16.2. The van der Waals surface area contributed by atoms with E-state index in [0.717, 1.165) is 53.1 Å². The van der Waals surface area contributed by atoms with Crippen molar-refractivity contribution in [2.75, 3.05) is 10.6 Å². The van der Waals surface area contributed by atoms with Gasteiger partial charge in [0.05, 0.1) is 11.9 Å². The Morgan fingerprint density at radius 3 is 2.11 bits per heavy atom. The number of benzene rings is 2. The van der Waals surface area contributed by atoms with Crippen LogP contribution in [0.3, 0.4) is 0 Å². The molecule has 0 saturated heterocycles. The first-order chi connectivity index (χ1) is 12.7. The molecule has 0 bridgehead atoms. The number of halogens is 1. The second-order valence-corrected chi connectivity index (χ2v) is 8.37. The quantitative estimate of drug-likeness (QED) is 0.706. The Kier molecular flexibility index (Phi) is 6.96. The summed E-state index contributed by atoms with van der Waals surface area (Å²) in [5.74, 6) is -1.79. The van der Waals surface area contributed by atoms with Gasteiger partial charge in [-0.05, 0) is 48.2 Å². The van der Waals surface area contributed by atoms with E-state index in [2.05, 4.69) is 6.92 Å². The lowest BCUT2D eigenvalue weighted by atomic mass is 10.0. The van der Waals surface area contributed by atoms with Gasteiger partial charge in [0.2, 0.25) is 10.0 Å². The molecule has 0 radical (unpaired) electrons. The molecule has 0 amide bonds. The molecular weight excluding hydrogens is 369 g/mol. The Hall–Kier alpha value is -2.41. The fraction of sp³-hybridized carbons (Fsp3) is 0.350. The summed E-state index contributed by atoms with van der Waals surface area (Å²) >= 11 is 0. The number of hydrogen-bond acceptors (Lipinski definition) is 3. The van der Waals surface area contributed by atoms with Crippen LogP contribution in [-0.4, -0.2) is 31.8 Å². The maximum atomic E-state index is 13.2. The number of hydrogen-bond donors (Lipinski definition) is 1. The monoisotopic (exact) mass is 393 g/mol. The number of carboxylic acid groups (broad SMARTS) is 1. The van der Waals surface area contributed by atoms with Crippen molar-refractivity contribution in [2.24, 2.45) is 0 Å². The van der Waals surface area contributed by atoms with Crippen molar-refractivity contribution in [1.29, 1.82) is 0 Å². The number of rotatable bonds is 9. The van der Waals surface area contributed by atoms with Gasteiger partial charge in [-0.2, -0.15) is 0 Å². The van der Waals surface area contributed by atoms with Crippen molar-refractivity contribution in [2.45, 2.75) is 38.6 Å². The van der Waals surface area contributed by atoms with Crippen LogP contribution in [0.2, 0.25) is 0 Å². The lowest BCUT2D eigenvalue weighted by molar-refractivity contribution is -0.138. The Morgan fingerprint density at radius 1 is 1.07 bits per heavy atom. The third-order valence-electron chi connectivity index (χ3n) is 4.28. The number of carboxylic acids is 1. The van der Waals surface area contributed by atoms with Gasteiger partial charge >= 0.3 is 5.97 Å². The number of aliphatic carboxylic acids is 1. The van der Waals surface area contributed by atoms with Gasteiger partial charge in [-0.1, -0.05) is 37.6 Å². The molecular formula is C20H24FNO4S. The predicted octanol–water partition coefficient (Wildman–Crippen LogP) is 3.63. The van der Waals surface area contributed by atoms with Gasteiger partial charge in [0.1, 0.15) is 11.9 Å². The Morgan fingerprint density at radius 2 is 1.63 bits per heavy atom. The molecule has 1 atom stereocenters. The average Bonchev–Trinajstić information content (AvgIpc) is 2.61. The third kappa shape index (κ3) is 5.79. The van der Waals surface area contributed by atoms with Crippen LogP contribution in [0.15, 0.2) is 48.5 Å². The van der Waals surface area contributed by atoms with Crippen molar-refractivity contribution in [3.63, 3.8) is 0 Å². The third-order valence-corrected chi connectivity index (χ3v) is 5.46. The molecule has 0 fully saturated rings. The smallest absolute Gasteiger partial charge is 0.327 e. The van der Waals surface area contributed by atoms with Crippen molar-refractivity contribution < 1.29 is 22.7 Å². The lowest BCUT2D eigenvalue weighted by Crippen LogP contribution is -2.46. The van der Waals surface area contributed by atoms with E-state index in [1.807, 2.05) is 24.3 Å². The summed E-state index contributed by atoms with van der Waals surface area (Å²) in [5.41, 5.74) is 2.00. The van der Waals surface area contributed by atoms with Crippen LogP contribution in [0.5, 0.6) is 0 Å². The second kappa shape index (κ2) is 8.99. The zero-order valence-electron chi connectivity index (χ0n) is 15.4. The van der Waals surface area contributed by atoms with Gasteiger partial charge in [0.25, 0.3) is 0 Å². The topological polar surface area (TPSA) is 74.7 Å². The molecule has 2 rings (SSSR count). The number of unbranched alkanes of at least 4 members (excludes halogenated alkanes) is 1. The normalized spacial score (nSPS) is 12.6. The van der Waals surface area contributed by atoms with Crippen molar-refractivity contribution >= 4 is 21.7 Å². The second-order valence-electron chi connectivity index (χ2n) is 6.51. The minimum atomic E-state index is -3.89. The number of sulfonamides is 1. The number of aryl methyl sites for hydroxylation is 1. The van der Waals surface area contributed by atoms with Crippen molar-refractivity contribution in [1.82, 2.24) is 0 Å². The first kappa shape index (κ1) is 20.9. The van der Waals surface area contributed by atoms with Crippen LogP contribution >= 0.6 is 0 Å². The summed E-state index contributed by atoms with van der Waals surface area (Å²) in [6.45, 7) is 2.11. The van der Waals surface area contributed by atoms with Gasteiger partial charge in [-0.25, -0.2) is 17.6 Å². The largest absolute Gasteiger partial charge is 0.480 e. The number of anilines is 1. The Bertz CT molecular complexity index is 864. The molecule has 0 unspecified atom stereocenters. The van der Waals surface area contributed by atoms with Gasteiger partial charge in [-0.3, -0.25) is 4.31 Å². The molecule has 7 heteroatoms. The van der Waals surface area contributed by atoms with E-state index in [-0.39, 0.29) is 12.1 Å². The van der Waals surface area contributed by atoms with E-state index in [1.54, 1.807) is 0 Å². The highest BCUT2D eigenvalue weighted by Crippen LogP contribution is 2.23. The van der Waals surface area contributed by atoms with E-state index >= 15 is 0 Å². The molecule has 27 heavy (non-hydrogen) atoms. The summed E-state index contributed by atoms with van der Waals surface area (Å²) in [4.78, 5) is 11.9. The van der Waals surface area contributed by atoms with E-state index < -0.39 is 27.9 Å². The Labute approximate surface area is 159 Å². The molecule has 5 nitrogen and oxygen atoms in total. The van der Waals surface area contributed by atoms with Gasteiger partial charge in [0, 0.05) is 6.42 Å². The highest BCUT2D eigenvalue weighted by molar-refractivity contribution is 7.92. The van der Waals surface area contributed by atoms with E-state index in [1.165, 1.54) is 12.1 Å². The van der Waals surface area contributed by atoms with Gasteiger partial charge < -0.3 is 5.11 Å². The highest BCUT2D eigenvalue weighted by Gasteiger charge is 2.32. The number of nitrogens with zero attached hydrogens (tertiary/aromatic N) is 1. The molecule has 0 aromatic heterocycles. The van der Waals surface area contributed by atoms with Gasteiger partial charge in [-0.15, -0.1) is 0 Å². The van der Waals surface area contributed by atoms with E-state index in [9.17, 15) is 22.7 Å². The summed E-state index contributed by atoms with van der Waals surface area (Å²) in [7, 11) is -3.89. The average molecular weight is 393 g/mol. The first-order valence-corrected chi connectivity index (χ1v) is 10.6. The molecule has 0 spiro atoms. The summed E-state index contributed by atoms with van der Waals surface area (Å²) < 4.78 is 38.6. The summed E-state index contributed by atoms with van der Waals surface area (Å²) in [5, 5.41) is 9.67. The van der Waals surface area contributed by atoms with Crippen LogP contribution in [0.25, 0.3) is 0 Å². The number of carbonyl (C=O) groups is 1. The molecule has 2 aromatic rings. The predicted molar refractivity (Wildman–Crippen MR) is 104 cm³/mol. The van der Waals surface area contributed by atoms with Crippen LogP contribution < -0.4 is 4.31 Å². The standard InChI is InChI=1S/C20H24FNO4S/c1-3-4-5-15-6-8-16(9-7-15)14-19(20(23)24)22(27(2,25)26)18-12-10-17(21)11-13-18/h6-13,19H,3-5,14H2,1-2H3,(H,23,24)/t19-/m1/s1. The lowest BCUT2D eigenvalue weighted by Gasteiger charge is -2.29. The summed E-state index contributed by atoms with van der Waals surface area (Å²) in [6.07, 6.45) is 4.06. The summed E-state index contributed by atoms with van der Waals surface area (Å²) in [6, 6.07) is 10.9. The minimum absolute atomic E-state index is 0.00778. The maximum absolute atomic E-state index is 13.2. The van der Waals surface area contributed by atoms with Crippen molar-refractivity contribution in [3.05, 3.63) is 65.5 Å². The fourth-order valence-corrected chi connectivity index (χ4v) is 4.04. The highest BCUT2D eigenvalue weighted by atomic mass is 32.2. The van der Waals surface area contributed by atoms with Crippen LogP contribution in [0, 0.1) is 5.82 Å². The minimum Gasteiger partial charge on any atom is -0.480 e. The Balaban J connectivity index is 2.32. The van der Waals surface area contributed by atoms with Gasteiger partial charge in [0.15, 0.2) is 0 Å². The zero-order chi connectivity index (χ0) is 20.0. The molecule has 146 valence electrons. The molecule has 0 aliphatic carbocycles. The van der Waals surface area contributed by atoms with E-state index in [0.29, 0.717) is 0 Å². The molecule has 0 aliphatic heterocycles. The molecule has 0 heterocycles. The van der Waals surface area contributed by atoms with Crippen LogP contribution in [0.4, 0.5) is 10.1 Å².